The van der Waals surface area contributed by atoms with Gasteiger partial charge in [0.25, 0.3) is 0 Å². The lowest BCUT2D eigenvalue weighted by atomic mass is 9.84. The van der Waals surface area contributed by atoms with Crippen LogP contribution in [0.3, 0.4) is 0 Å². The Labute approximate surface area is 128 Å². The number of carbonyl (C=O) groups excluding carboxylic acids is 1. The molecule has 4 nitrogen and oxygen atoms in total. The van der Waals surface area contributed by atoms with Crippen LogP contribution in [0.2, 0.25) is 0 Å². The third-order valence-electron chi connectivity index (χ3n) is 4.83. The Balaban J connectivity index is 1.70. The number of rotatable bonds is 4. The van der Waals surface area contributed by atoms with E-state index in [0.717, 1.165) is 25.7 Å². The van der Waals surface area contributed by atoms with Crippen molar-refractivity contribution in [2.24, 2.45) is 5.92 Å². The zero-order valence-electron chi connectivity index (χ0n) is 12.0. The van der Waals surface area contributed by atoms with Crippen molar-refractivity contribution >= 4 is 23.2 Å². The van der Waals surface area contributed by atoms with Crippen molar-refractivity contribution in [3.63, 3.8) is 0 Å². The number of amides is 1. The first-order chi connectivity index (χ1) is 10.2. The van der Waals surface area contributed by atoms with E-state index in [9.17, 15) is 14.7 Å². The highest BCUT2D eigenvalue weighted by Crippen LogP contribution is 2.40. The lowest BCUT2D eigenvalue weighted by Crippen LogP contribution is -2.46. The van der Waals surface area contributed by atoms with Crippen molar-refractivity contribution in [3.8, 4) is 0 Å². The number of carbonyl (C=O) groups is 2. The second-order valence-corrected chi connectivity index (χ2v) is 7.11. The molecule has 1 saturated carbocycles. The summed E-state index contributed by atoms with van der Waals surface area (Å²) in [5, 5.41) is 11.4. The molecule has 1 N–H and O–H groups in total. The predicted octanol–water partition coefficient (Wildman–Crippen LogP) is 2.93. The van der Waals surface area contributed by atoms with Gasteiger partial charge >= 0.3 is 5.97 Å². The number of nitrogens with zero attached hydrogens (tertiary/aromatic N) is 1. The summed E-state index contributed by atoms with van der Waals surface area (Å²) in [5.74, 6) is -0.426. The number of fused-ring (bicyclic) bond motifs is 1. The molecule has 1 saturated heterocycles. The second kappa shape index (κ2) is 6.18. The highest BCUT2D eigenvalue weighted by atomic mass is 32.1. The predicted molar refractivity (Wildman–Crippen MR) is 81.3 cm³/mol. The van der Waals surface area contributed by atoms with Crippen LogP contribution in [0.4, 0.5) is 0 Å². The topological polar surface area (TPSA) is 57.6 Å². The Hall–Kier alpha value is -1.36. The zero-order chi connectivity index (χ0) is 14.8. The van der Waals surface area contributed by atoms with Gasteiger partial charge in [0.2, 0.25) is 5.91 Å². The summed E-state index contributed by atoms with van der Waals surface area (Å²) in [6, 6.07) is 3.57. The van der Waals surface area contributed by atoms with Crippen LogP contribution in [-0.4, -0.2) is 34.0 Å². The molecular formula is C16H21NO3S. The van der Waals surface area contributed by atoms with E-state index >= 15 is 0 Å². The Morgan fingerprint density at radius 3 is 2.86 bits per heavy atom. The molecule has 1 amide bonds. The van der Waals surface area contributed by atoms with Crippen LogP contribution in [0.5, 0.6) is 0 Å². The van der Waals surface area contributed by atoms with Crippen molar-refractivity contribution in [1.29, 1.82) is 0 Å². The van der Waals surface area contributed by atoms with Crippen molar-refractivity contribution in [3.05, 3.63) is 22.4 Å². The van der Waals surface area contributed by atoms with Gasteiger partial charge in [0.1, 0.15) is 6.04 Å². The van der Waals surface area contributed by atoms with Gasteiger partial charge < -0.3 is 10.0 Å². The van der Waals surface area contributed by atoms with Crippen molar-refractivity contribution < 1.29 is 14.7 Å². The van der Waals surface area contributed by atoms with Crippen LogP contribution in [0, 0.1) is 5.92 Å². The van der Waals surface area contributed by atoms with E-state index in [1.54, 1.807) is 16.2 Å². The highest BCUT2D eigenvalue weighted by molar-refractivity contribution is 7.09. The molecule has 1 aromatic rings. The van der Waals surface area contributed by atoms with Crippen LogP contribution in [0.15, 0.2) is 17.5 Å². The van der Waals surface area contributed by atoms with E-state index in [1.807, 2.05) is 17.5 Å². The molecular weight excluding hydrogens is 286 g/mol. The molecule has 0 bridgehead atoms. The average molecular weight is 307 g/mol. The average Bonchev–Trinajstić information content (AvgIpc) is 3.11. The molecule has 0 spiro atoms. The smallest absolute Gasteiger partial charge is 0.326 e. The highest BCUT2D eigenvalue weighted by Gasteiger charge is 2.47. The van der Waals surface area contributed by atoms with Crippen LogP contribution >= 0.6 is 11.3 Å². The molecule has 2 heterocycles. The number of hydrogen-bond donors (Lipinski definition) is 1. The lowest BCUT2D eigenvalue weighted by molar-refractivity contribution is -0.149. The largest absolute Gasteiger partial charge is 0.480 e. The first-order valence-corrected chi connectivity index (χ1v) is 8.61. The van der Waals surface area contributed by atoms with Gasteiger partial charge in [-0.3, -0.25) is 4.79 Å². The fourth-order valence-electron chi connectivity index (χ4n) is 3.85. The van der Waals surface area contributed by atoms with Gasteiger partial charge in [-0.05, 0) is 43.0 Å². The van der Waals surface area contributed by atoms with Gasteiger partial charge in [0.15, 0.2) is 0 Å². The van der Waals surface area contributed by atoms with Gasteiger partial charge in [-0.15, -0.1) is 11.3 Å². The summed E-state index contributed by atoms with van der Waals surface area (Å²) in [6.45, 7) is 0. The van der Waals surface area contributed by atoms with E-state index in [4.69, 9.17) is 0 Å². The van der Waals surface area contributed by atoms with Crippen molar-refractivity contribution in [2.75, 3.05) is 0 Å². The molecule has 0 aromatic carbocycles. The maximum absolute atomic E-state index is 12.6. The Kier molecular flexibility index (Phi) is 4.29. The molecule has 3 atom stereocenters. The van der Waals surface area contributed by atoms with Crippen LogP contribution in [0.1, 0.15) is 43.4 Å². The number of likely N-dealkylation sites (tertiary alicyclic amines) is 1. The van der Waals surface area contributed by atoms with Crippen LogP contribution < -0.4 is 0 Å². The third kappa shape index (κ3) is 2.98. The van der Waals surface area contributed by atoms with Crippen LogP contribution in [0.25, 0.3) is 0 Å². The number of aryl methyl sites for hydroxylation is 1. The number of aliphatic carboxylic acids is 1. The Bertz CT molecular complexity index is 514. The lowest BCUT2D eigenvalue weighted by Gasteiger charge is -2.33. The molecule has 5 heteroatoms. The summed E-state index contributed by atoms with van der Waals surface area (Å²) < 4.78 is 0. The molecule has 21 heavy (non-hydrogen) atoms. The molecule has 1 aromatic heterocycles. The molecule has 2 aliphatic rings. The SMILES string of the molecule is O=C(O)[C@@H]1C[C@H]2CCCC[C@H]2N1C(=O)CCc1cccs1. The summed E-state index contributed by atoms with van der Waals surface area (Å²) >= 11 is 1.65. The second-order valence-electron chi connectivity index (χ2n) is 6.08. The maximum atomic E-state index is 12.6. The summed E-state index contributed by atoms with van der Waals surface area (Å²) in [4.78, 5) is 27.0. The minimum absolute atomic E-state index is 0.0187. The number of thiophene rings is 1. The summed E-state index contributed by atoms with van der Waals surface area (Å²) in [7, 11) is 0. The van der Waals surface area contributed by atoms with E-state index < -0.39 is 12.0 Å². The molecule has 0 unspecified atom stereocenters. The van der Waals surface area contributed by atoms with E-state index in [0.29, 0.717) is 18.8 Å². The third-order valence-corrected chi connectivity index (χ3v) is 5.76. The van der Waals surface area contributed by atoms with Gasteiger partial charge in [-0.25, -0.2) is 4.79 Å². The van der Waals surface area contributed by atoms with E-state index in [-0.39, 0.29) is 11.9 Å². The quantitative estimate of drug-likeness (QED) is 0.930. The molecule has 2 fully saturated rings. The van der Waals surface area contributed by atoms with Gasteiger partial charge in [0, 0.05) is 17.3 Å². The number of carboxylic acids is 1. The number of hydrogen-bond acceptors (Lipinski definition) is 3. The van der Waals surface area contributed by atoms with Gasteiger partial charge in [-0.2, -0.15) is 0 Å². The minimum Gasteiger partial charge on any atom is -0.480 e. The fourth-order valence-corrected chi connectivity index (χ4v) is 4.56. The zero-order valence-corrected chi connectivity index (χ0v) is 12.8. The van der Waals surface area contributed by atoms with Gasteiger partial charge in [-0.1, -0.05) is 18.9 Å². The summed E-state index contributed by atoms with van der Waals surface area (Å²) in [5.41, 5.74) is 0. The fraction of sp³-hybridized carbons (Fsp3) is 0.625. The van der Waals surface area contributed by atoms with Gasteiger partial charge in [0.05, 0.1) is 0 Å². The molecule has 0 radical (unpaired) electrons. The molecule has 1 aliphatic carbocycles. The Morgan fingerprint density at radius 1 is 1.33 bits per heavy atom. The molecule has 114 valence electrons. The maximum Gasteiger partial charge on any atom is 0.326 e. The number of carboxylic acid groups (broad SMARTS) is 1. The monoisotopic (exact) mass is 307 g/mol. The van der Waals surface area contributed by atoms with Crippen molar-refractivity contribution in [1.82, 2.24) is 4.90 Å². The van der Waals surface area contributed by atoms with Crippen LogP contribution in [-0.2, 0) is 16.0 Å². The Morgan fingerprint density at radius 2 is 2.14 bits per heavy atom. The minimum atomic E-state index is -0.839. The van der Waals surface area contributed by atoms with E-state index in [2.05, 4.69) is 0 Å². The summed E-state index contributed by atoms with van der Waals surface area (Å²) in [6.07, 6.45) is 6.12. The standard InChI is InChI=1S/C16H21NO3S/c18-15(8-7-12-5-3-9-21-12)17-13-6-2-1-4-11(13)10-14(17)16(19)20/h3,5,9,11,13-14H,1-2,4,6-8,10H2,(H,19,20)/t11-,13-,14+/m1/s1. The van der Waals surface area contributed by atoms with Crippen molar-refractivity contribution in [2.45, 2.75) is 57.0 Å². The van der Waals surface area contributed by atoms with E-state index in [1.165, 1.54) is 11.3 Å². The molecule has 3 rings (SSSR count). The first-order valence-electron chi connectivity index (χ1n) is 7.73. The first kappa shape index (κ1) is 14.6. The molecule has 1 aliphatic heterocycles. The normalized spacial score (nSPS) is 28.4.